The topological polar surface area (TPSA) is 29.1 Å². The van der Waals surface area contributed by atoms with Crippen molar-refractivity contribution in [3.63, 3.8) is 0 Å². The van der Waals surface area contributed by atoms with Crippen LogP contribution in [0.2, 0.25) is 0 Å². The summed E-state index contributed by atoms with van der Waals surface area (Å²) in [5.41, 5.74) is 0. The molecule has 1 saturated carbocycles. The quantitative estimate of drug-likeness (QED) is 0.708. The molecule has 0 radical (unpaired) electrons. The Kier molecular flexibility index (Phi) is 5.30. The molecule has 88 valence electrons. The van der Waals surface area contributed by atoms with Gasteiger partial charge in [-0.1, -0.05) is 20.8 Å². The van der Waals surface area contributed by atoms with Crippen LogP contribution in [0.1, 0.15) is 46.5 Å². The molecule has 3 unspecified atom stereocenters. The van der Waals surface area contributed by atoms with E-state index in [9.17, 15) is 4.79 Å². The minimum absolute atomic E-state index is 0.334. The third-order valence-corrected chi connectivity index (χ3v) is 3.78. The van der Waals surface area contributed by atoms with Crippen molar-refractivity contribution in [3.8, 4) is 0 Å². The average molecular weight is 211 g/mol. The Balaban J connectivity index is 2.28. The first-order chi connectivity index (χ1) is 7.15. The van der Waals surface area contributed by atoms with Crippen LogP contribution in [0.25, 0.3) is 0 Å². The summed E-state index contributed by atoms with van der Waals surface area (Å²) >= 11 is 0. The Morgan fingerprint density at radius 1 is 1.27 bits per heavy atom. The Morgan fingerprint density at radius 3 is 2.60 bits per heavy atom. The predicted molar refractivity (Wildman–Crippen MR) is 63.8 cm³/mol. The Hall–Kier alpha value is -0.370. The van der Waals surface area contributed by atoms with E-state index in [1.165, 1.54) is 6.42 Å². The molecule has 0 amide bonds. The van der Waals surface area contributed by atoms with Crippen molar-refractivity contribution < 1.29 is 4.79 Å². The predicted octanol–water partition coefficient (Wildman–Crippen LogP) is 2.63. The van der Waals surface area contributed by atoms with Crippen LogP contribution in [0.3, 0.4) is 0 Å². The molecule has 1 rings (SSSR count). The number of hydrogen-bond acceptors (Lipinski definition) is 2. The number of hydrogen-bond donors (Lipinski definition) is 1. The molecule has 1 aliphatic carbocycles. The molecule has 2 heteroatoms. The lowest BCUT2D eigenvalue weighted by molar-refractivity contribution is -0.123. The smallest absolute Gasteiger partial charge is 0.149 e. The standard InChI is InChI=1S/C13H25NO/c1-4-7-14-9-13(15)12-6-5-10(2)11(3)8-12/h10-12,14H,4-9H2,1-3H3. The molecule has 3 atom stereocenters. The van der Waals surface area contributed by atoms with Gasteiger partial charge in [0, 0.05) is 5.92 Å². The van der Waals surface area contributed by atoms with Crippen molar-refractivity contribution in [2.75, 3.05) is 13.1 Å². The van der Waals surface area contributed by atoms with Gasteiger partial charge in [0.1, 0.15) is 5.78 Å². The second-order valence-electron chi connectivity index (χ2n) is 5.11. The SMILES string of the molecule is CCCNCC(=O)C1CCC(C)C(C)C1. The van der Waals surface area contributed by atoms with Crippen molar-refractivity contribution >= 4 is 5.78 Å². The van der Waals surface area contributed by atoms with Gasteiger partial charge in [-0.3, -0.25) is 4.79 Å². The van der Waals surface area contributed by atoms with E-state index in [4.69, 9.17) is 0 Å². The molecule has 0 saturated heterocycles. The first kappa shape index (κ1) is 12.7. The minimum Gasteiger partial charge on any atom is -0.310 e. The van der Waals surface area contributed by atoms with Gasteiger partial charge in [0.2, 0.25) is 0 Å². The lowest BCUT2D eigenvalue weighted by Gasteiger charge is -2.31. The van der Waals surface area contributed by atoms with Crippen molar-refractivity contribution in [1.82, 2.24) is 5.32 Å². The molecule has 2 nitrogen and oxygen atoms in total. The maximum atomic E-state index is 11.9. The monoisotopic (exact) mass is 211 g/mol. The molecule has 0 heterocycles. The number of rotatable bonds is 5. The zero-order valence-corrected chi connectivity index (χ0v) is 10.4. The number of Topliss-reactive ketones (excluding diaryl/α,β-unsaturated/α-hetero) is 1. The van der Waals surface area contributed by atoms with Crippen molar-refractivity contribution in [1.29, 1.82) is 0 Å². The normalized spacial score (nSPS) is 31.5. The zero-order valence-electron chi connectivity index (χ0n) is 10.4. The van der Waals surface area contributed by atoms with E-state index in [-0.39, 0.29) is 0 Å². The summed E-state index contributed by atoms with van der Waals surface area (Å²) in [7, 11) is 0. The highest BCUT2D eigenvalue weighted by atomic mass is 16.1. The molecule has 0 aromatic rings. The van der Waals surface area contributed by atoms with Crippen LogP contribution >= 0.6 is 0 Å². The molecular weight excluding hydrogens is 186 g/mol. The number of carbonyl (C=O) groups excluding carboxylic acids is 1. The number of ketones is 1. The number of nitrogens with one attached hydrogen (secondary N) is 1. The summed E-state index contributed by atoms with van der Waals surface area (Å²) < 4.78 is 0. The summed E-state index contributed by atoms with van der Waals surface area (Å²) in [4.78, 5) is 11.9. The maximum absolute atomic E-state index is 11.9. The third-order valence-electron chi connectivity index (χ3n) is 3.78. The van der Waals surface area contributed by atoms with Gasteiger partial charge in [-0.05, 0) is 44.1 Å². The van der Waals surface area contributed by atoms with Gasteiger partial charge in [-0.25, -0.2) is 0 Å². The highest BCUT2D eigenvalue weighted by molar-refractivity contribution is 5.83. The van der Waals surface area contributed by atoms with Gasteiger partial charge in [0.05, 0.1) is 6.54 Å². The van der Waals surface area contributed by atoms with Crippen LogP contribution in [0.15, 0.2) is 0 Å². The van der Waals surface area contributed by atoms with E-state index in [1.54, 1.807) is 0 Å². The highest BCUT2D eigenvalue weighted by Crippen LogP contribution is 2.33. The van der Waals surface area contributed by atoms with Crippen LogP contribution in [0, 0.1) is 17.8 Å². The summed E-state index contributed by atoms with van der Waals surface area (Å²) in [6.45, 7) is 8.26. The summed E-state index contributed by atoms with van der Waals surface area (Å²) in [6.07, 6.45) is 4.54. The molecule has 0 aromatic heterocycles. The van der Waals surface area contributed by atoms with E-state index in [0.717, 1.165) is 37.6 Å². The van der Waals surface area contributed by atoms with Gasteiger partial charge in [-0.15, -0.1) is 0 Å². The van der Waals surface area contributed by atoms with Gasteiger partial charge >= 0.3 is 0 Å². The van der Waals surface area contributed by atoms with Crippen molar-refractivity contribution in [2.24, 2.45) is 17.8 Å². The maximum Gasteiger partial charge on any atom is 0.149 e. The Labute approximate surface area is 93.8 Å². The van der Waals surface area contributed by atoms with E-state index in [2.05, 4.69) is 26.1 Å². The summed E-state index contributed by atoms with van der Waals surface area (Å²) in [5, 5.41) is 3.21. The van der Waals surface area contributed by atoms with Crippen LogP contribution in [0.5, 0.6) is 0 Å². The largest absolute Gasteiger partial charge is 0.310 e. The van der Waals surface area contributed by atoms with Gasteiger partial charge < -0.3 is 5.32 Å². The van der Waals surface area contributed by atoms with Gasteiger partial charge in [-0.2, -0.15) is 0 Å². The molecule has 1 N–H and O–H groups in total. The molecule has 1 fully saturated rings. The fraction of sp³-hybridized carbons (Fsp3) is 0.923. The molecule has 15 heavy (non-hydrogen) atoms. The molecule has 0 aromatic carbocycles. The first-order valence-electron chi connectivity index (χ1n) is 6.38. The fourth-order valence-corrected chi connectivity index (χ4v) is 2.37. The average Bonchev–Trinajstić information content (AvgIpc) is 2.22. The third kappa shape index (κ3) is 3.94. The van der Waals surface area contributed by atoms with Crippen LogP contribution in [0.4, 0.5) is 0 Å². The summed E-state index contributed by atoms with van der Waals surface area (Å²) in [6, 6.07) is 0. The highest BCUT2D eigenvalue weighted by Gasteiger charge is 2.28. The van der Waals surface area contributed by atoms with Crippen LogP contribution in [-0.4, -0.2) is 18.9 Å². The minimum atomic E-state index is 0.334. The van der Waals surface area contributed by atoms with E-state index < -0.39 is 0 Å². The lowest BCUT2D eigenvalue weighted by Crippen LogP contribution is -2.33. The zero-order chi connectivity index (χ0) is 11.3. The number of carbonyl (C=O) groups is 1. The molecule has 0 spiro atoms. The van der Waals surface area contributed by atoms with Gasteiger partial charge in [0.25, 0.3) is 0 Å². The second kappa shape index (κ2) is 6.26. The summed E-state index contributed by atoms with van der Waals surface area (Å²) in [5.74, 6) is 2.29. The van der Waals surface area contributed by atoms with Crippen LogP contribution in [-0.2, 0) is 4.79 Å². The molecule has 1 aliphatic rings. The van der Waals surface area contributed by atoms with Gasteiger partial charge in [0.15, 0.2) is 0 Å². The second-order valence-corrected chi connectivity index (χ2v) is 5.11. The molecule has 0 aliphatic heterocycles. The molecule has 0 bridgehead atoms. The Morgan fingerprint density at radius 2 is 2.00 bits per heavy atom. The van der Waals surface area contributed by atoms with E-state index in [1.807, 2.05) is 0 Å². The Bertz CT molecular complexity index is 203. The van der Waals surface area contributed by atoms with Crippen LogP contribution < -0.4 is 5.32 Å². The lowest BCUT2D eigenvalue weighted by atomic mass is 9.74. The van der Waals surface area contributed by atoms with E-state index >= 15 is 0 Å². The van der Waals surface area contributed by atoms with Crippen molar-refractivity contribution in [3.05, 3.63) is 0 Å². The molecular formula is C13H25NO. The fourth-order valence-electron chi connectivity index (χ4n) is 2.37. The van der Waals surface area contributed by atoms with Crippen molar-refractivity contribution in [2.45, 2.75) is 46.5 Å². The first-order valence-corrected chi connectivity index (χ1v) is 6.38. The van der Waals surface area contributed by atoms with E-state index in [0.29, 0.717) is 18.2 Å².